The molecule has 0 aliphatic rings. The summed E-state index contributed by atoms with van der Waals surface area (Å²) in [6.45, 7) is 0. The van der Waals surface area contributed by atoms with Crippen molar-refractivity contribution in [3.63, 3.8) is 0 Å². The maximum absolute atomic E-state index is 12.3. The van der Waals surface area contributed by atoms with Gasteiger partial charge in [-0.2, -0.15) is 0 Å². The maximum Gasteiger partial charge on any atom is 0.269 e. The Morgan fingerprint density at radius 2 is 1.45 bits per heavy atom. The molecule has 0 unspecified atom stereocenters. The fraction of sp³-hybridized carbons (Fsp3) is 0.111. The van der Waals surface area contributed by atoms with E-state index in [1.165, 1.54) is 4.90 Å². The van der Waals surface area contributed by atoms with E-state index in [-0.39, 0.29) is 17.5 Å². The Morgan fingerprint density at radius 3 is 2.00 bits per heavy atom. The molecule has 0 saturated heterocycles. The van der Waals surface area contributed by atoms with Gasteiger partial charge < -0.3 is 10.2 Å². The SMILES string of the molecule is CN(C)C(=O)/C(=C/c1ccccc1)NC(=O)c1ccccc1. The first-order valence-electron chi connectivity index (χ1n) is 6.92. The van der Waals surface area contributed by atoms with Crippen LogP contribution in [0.3, 0.4) is 0 Å². The fourth-order valence-corrected chi connectivity index (χ4v) is 1.89. The second-order valence-corrected chi connectivity index (χ2v) is 4.99. The van der Waals surface area contributed by atoms with Crippen LogP contribution in [0.2, 0.25) is 0 Å². The minimum Gasteiger partial charge on any atom is -0.344 e. The van der Waals surface area contributed by atoms with Crippen LogP contribution in [-0.2, 0) is 4.79 Å². The van der Waals surface area contributed by atoms with Gasteiger partial charge in [-0.15, -0.1) is 0 Å². The molecule has 0 radical (unpaired) electrons. The van der Waals surface area contributed by atoms with E-state index in [9.17, 15) is 9.59 Å². The van der Waals surface area contributed by atoms with Crippen molar-refractivity contribution in [1.29, 1.82) is 0 Å². The third-order valence-corrected chi connectivity index (χ3v) is 3.03. The van der Waals surface area contributed by atoms with Crippen LogP contribution in [0, 0.1) is 0 Å². The average Bonchev–Trinajstić information content (AvgIpc) is 2.55. The highest BCUT2D eigenvalue weighted by molar-refractivity contribution is 6.05. The van der Waals surface area contributed by atoms with E-state index >= 15 is 0 Å². The van der Waals surface area contributed by atoms with Gasteiger partial charge >= 0.3 is 0 Å². The van der Waals surface area contributed by atoms with E-state index in [1.54, 1.807) is 44.4 Å². The average molecular weight is 294 g/mol. The predicted octanol–water partition coefficient (Wildman–Crippen LogP) is 2.55. The van der Waals surface area contributed by atoms with Gasteiger partial charge in [0.25, 0.3) is 11.8 Å². The highest BCUT2D eigenvalue weighted by Crippen LogP contribution is 2.08. The molecule has 22 heavy (non-hydrogen) atoms. The van der Waals surface area contributed by atoms with Gasteiger partial charge in [-0.05, 0) is 23.8 Å². The number of benzene rings is 2. The zero-order valence-electron chi connectivity index (χ0n) is 12.6. The van der Waals surface area contributed by atoms with E-state index < -0.39 is 0 Å². The Balaban J connectivity index is 2.28. The molecule has 0 aliphatic heterocycles. The number of hydrogen-bond donors (Lipinski definition) is 1. The molecule has 0 aliphatic carbocycles. The zero-order valence-corrected chi connectivity index (χ0v) is 12.6. The molecule has 2 aromatic carbocycles. The molecule has 0 fully saturated rings. The van der Waals surface area contributed by atoms with Crippen molar-refractivity contribution in [3.05, 3.63) is 77.5 Å². The monoisotopic (exact) mass is 294 g/mol. The lowest BCUT2D eigenvalue weighted by molar-refractivity contribution is -0.124. The van der Waals surface area contributed by atoms with Crippen LogP contribution in [0.1, 0.15) is 15.9 Å². The Kier molecular flexibility index (Phi) is 5.09. The largest absolute Gasteiger partial charge is 0.344 e. The van der Waals surface area contributed by atoms with E-state index in [4.69, 9.17) is 0 Å². The summed E-state index contributed by atoms with van der Waals surface area (Å²) in [5.74, 6) is -0.564. The molecule has 0 saturated carbocycles. The van der Waals surface area contributed by atoms with Crippen LogP contribution in [0.15, 0.2) is 66.4 Å². The molecular formula is C18H18N2O2. The highest BCUT2D eigenvalue weighted by atomic mass is 16.2. The van der Waals surface area contributed by atoms with Crippen molar-refractivity contribution in [3.8, 4) is 0 Å². The number of hydrogen-bond acceptors (Lipinski definition) is 2. The number of rotatable bonds is 4. The smallest absolute Gasteiger partial charge is 0.269 e. The van der Waals surface area contributed by atoms with Crippen LogP contribution in [0.4, 0.5) is 0 Å². The van der Waals surface area contributed by atoms with Crippen LogP contribution in [-0.4, -0.2) is 30.8 Å². The highest BCUT2D eigenvalue weighted by Gasteiger charge is 2.15. The second-order valence-electron chi connectivity index (χ2n) is 4.99. The summed E-state index contributed by atoms with van der Waals surface area (Å²) < 4.78 is 0. The standard InChI is InChI=1S/C18H18N2O2/c1-20(2)18(22)16(13-14-9-5-3-6-10-14)19-17(21)15-11-7-4-8-12-15/h3-13H,1-2H3,(H,19,21)/b16-13-. The van der Waals surface area contributed by atoms with Gasteiger partial charge in [0.1, 0.15) is 5.70 Å². The number of nitrogens with zero attached hydrogens (tertiary/aromatic N) is 1. The minimum atomic E-state index is -0.307. The molecule has 2 rings (SSSR count). The van der Waals surface area contributed by atoms with Crippen molar-refractivity contribution in [2.24, 2.45) is 0 Å². The lowest BCUT2D eigenvalue weighted by Gasteiger charge is -2.15. The first-order chi connectivity index (χ1) is 10.6. The summed E-state index contributed by atoms with van der Waals surface area (Å²) >= 11 is 0. The summed E-state index contributed by atoms with van der Waals surface area (Å²) in [6, 6.07) is 18.2. The topological polar surface area (TPSA) is 49.4 Å². The maximum atomic E-state index is 12.3. The minimum absolute atomic E-state index is 0.241. The van der Waals surface area contributed by atoms with Crippen LogP contribution in [0.5, 0.6) is 0 Å². The summed E-state index contributed by atoms with van der Waals surface area (Å²) in [7, 11) is 3.30. The Labute approximate surface area is 130 Å². The van der Waals surface area contributed by atoms with E-state index in [0.29, 0.717) is 5.56 Å². The van der Waals surface area contributed by atoms with Gasteiger partial charge in [0.05, 0.1) is 0 Å². The van der Waals surface area contributed by atoms with Gasteiger partial charge in [0, 0.05) is 19.7 Å². The molecule has 0 atom stereocenters. The van der Waals surface area contributed by atoms with Crippen molar-refractivity contribution in [1.82, 2.24) is 10.2 Å². The molecule has 112 valence electrons. The summed E-state index contributed by atoms with van der Waals surface area (Å²) in [4.78, 5) is 25.9. The Morgan fingerprint density at radius 1 is 0.909 bits per heavy atom. The quantitative estimate of drug-likeness (QED) is 0.881. The summed E-state index contributed by atoms with van der Waals surface area (Å²) in [5.41, 5.74) is 1.60. The predicted molar refractivity (Wildman–Crippen MR) is 87.0 cm³/mol. The molecule has 0 aromatic heterocycles. The number of carbonyl (C=O) groups excluding carboxylic acids is 2. The van der Waals surface area contributed by atoms with Crippen LogP contribution < -0.4 is 5.32 Å². The van der Waals surface area contributed by atoms with E-state index in [2.05, 4.69) is 5.32 Å². The number of carbonyl (C=O) groups is 2. The fourth-order valence-electron chi connectivity index (χ4n) is 1.89. The van der Waals surface area contributed by atoms with Crippen molar-refractivity contribution >= 4 is 17.9 Å². The van der Waals surface area contributed by atoms with Crippen LogP contribution >= 0.6 is 0 Å². The lowest BCUT2D eigenvalue weighted by Crippen LogP contribution is -2.34. The molecule has 4 heteroatoms. The zero-order chi connectivity index (χ0) is 15.9. The molecule has 1 N–H and O–H groups in total. The second kappa shape index (κ2) is 7.22. The third kappa shape index (κ3) is 4.06. The van der Waals surface area contributed by atoms with Gasteiger partial charge in [0.2, 0.25) is 0 Å². The van der Waals surface area contributed by atoms with Gasteiger partial charge in [-0.1, -0.05) is 48.5 Å². The first kappa shape index (κ1) is 15.5. The molecule has 0 bridgehead atoms. The Hall–Kier alpha value is -2.88. The first-order valence-corrected chi connectivity index (χ1v) is 6.92. The van der Waals surface area contributed by atoms with Crippen molar-refractivity contribution in [2.45, 2.75) is 0 Å². The molecule has 0 heterocycles. The summed E-state index contributed by atoms with van der Waals surface area (Å²) in [6.07, 6.45) is 1.67. The third-order valence-electron chi connectivity index (χ3n) is 3.03. The van der Waals surface area contributed by atoms with Crippen LogP contribution in [0.25, 0.3) is 6.08 Å². The van der Waals surface area contributed by atoms with E-state index in [1.807, 2.05) is 36.4 Å². The molecule has 2 amide bonds. The number of likely N-dealkylation sites (N-methyl/N-ethyl adjacent to an activating group) is 1. The number of amides is 2. The lowest BCUT2D eigenvalue weighted by atomic mass is 10.1. The molecule has 2 aromatic rings. The van der Waals surface area contributed by atoms with Crippen molar-refractivity contribution < 1.29 is 9.59 Å². The molecule has 4 nitrogen and oxygen atoms in total. The molecular weight excluding hydrogens is 276 g/mol. The van der Waals surface area contributed by atoms with Crippen molar-refractivity contribution in [2.75, 3.05) is 14.1 Å². The normalized spacial score (nSPS) is 10.9. The van der Waals surface area contributed by atoms with Gasteiger partial charge in [-0.3, -0.25) is 9.59 Å². The van der Waals surface area contributed by atoms with Gasteiger partial charge in [-0.25, -0.2) is 0 Å². The Bertz CT molecular complexity index is 677. The van der Waals surface area contributed by atoms with E-state index in [0.717, 1.165) is 5.56 Å². The number of nitrogens with one attached hydrogen (secondary N) is 1. The van der Waals surface area contributed by atoms with Gasteiger partial charge in [0.15, 0.2) is 0 Å². The molecule has 0 spiro atoms. The summed E-state index contributed by atoms with van der Waals surface area (Å²) in [5, 5.41) is 2.69.